The largest absolute Gasteiger partial charge is 0.504 e. The van der Waals surface area contributed by atoms with Crippen molar-refractivity contribution >= 4 is 18.0 Å². The van der Waals surface area contributed by atoms with E-state index in [1.807, 2.05) is 0 Å². The second-order valence-corrected chi connectivity index (χ2v) is 4.15. The molecule has 0 amide bonds. The average molecular weight is 278 g/mol. The first kappa shape index (κ1) is 13.9. The lowest BCUT2D eigenvalue weighted by molar-refractivity contribution is -0.156. The minimum atomic E-state index is -0.818. The Morgan fingerprint density at radius 1 is 1.50 bits per heavy atom. The van der Waals surface area contributed by atoms with Crippen LogP contribution in [-0.2, 0) is 19.1 Å². The third kappa shape index (κ3) is 3.28. The van der Waals surface area contributed by atoms with Crippen molar-refractivity contribution in [2.75, 3.05) is 13.7 Å². The second kappa shape index (κ2) is 6.10. The number of aromatic hydroxyl groups is 1. The molecule has 20 heavy (non-hydrogen) atoms. The Bertz CT molecular complexity index is 549. The van der Waals surface area contributed by atoms with Crippen LogP contribution in [0.5, 0.6) is 11.5 Å². The van der Waals surface area contributed by atoms with E-state index in [1.165, 1.54) is 25.3 Å². The molecule has 0 radical (unpaired) electrons. The summed E-state index contributed by atoms with van der Waals surface area (Å²) in [7, 11) is 1.43. The second-order valence-electron chi connectivity index (χ2n) is 4.15. The van der Waals surface area contributed by atoms with Gasteiger partial charge in [-0.25, -0.2) is 9.59 Å². The molecule has 0 aromatic heterocycles. The van der Waals surface area contributed by atoms with E-state index < -0.39 is 18.0 Å². The monoisotopic (exact) mass is 278 g/mol. The van der Waals surface area contributed by atoms with Crippen LogP contribution < -0.4 is 4.74 Å². The number of rotatable bonds is 4. The summed E-state index contributed by atoms with van der Waals surface area (Å²) in [5.41, 5.74) is 0.658. The van der Waals surface area contributed by atoms with E-state index in [1.54, 1.807) is 12.1 Å². The number of phenols is 1. The Hall–Kier alpha value is -2.50. The summed E-state index contributed by atoms with van der Waals surface area (Å²) in [4.78, 5) is 22.7. The maximum absolute atomic E-state index is 11.5. The molecule has 1 heterocycles. The Morgan fingerprint density at radius 2 is 2.30 bits per heavy atom. The number of methoxy groups -OCH3 is 1. The van der Waals surface area contributed by atoms with Crippen LogP contribution in [0, 0.1) is 0 Å². The van der Waals surface area contributed by atoms with E-state index in [2.05, 4.69) is 4.74 Å². The van der Waals surface area contributed by atoms with Gasteiger partial charge in [0.15, 0.2) is 11.5 Å². The third-order valence-electron chi connectivity index (χ3n) is 2.76. The molecule has 1 aliphatic rings. The molecule has 2 rings (SSSR count). The SMILES string of the molecule is COc1cc(/C=C/C(=O)O[C@H]2CCOC2=O)ccc1O. The molecule has 106 valence electrons. The number of cyclic esters (lactones) is 1. The van der Waals surface area contributed by atoms with Crippen molar-refractivity contribution in [2.24, 2.45) is 0 Å². The van der Waals surface area contributed by atoms with Crippen LogP contribution >= 0.6 is 0 Å². The highest BCUT2D eigenvalue weighted by Crippen LogP contribution is 2.26. The fourth-order valence-electron chi connectivity index (χ4n) is 1.73. The number of hydrogen-bond acceptors (Lipinski definition) is 6. The highest BCUT2D eigenvalue weighted by atomic mass is 16.6. The number of benzene rings is 1. The standard InChI is InChI=1S/C14H14O6/c1-18-12-8-9(2-4-10(12)15)3-5-13(16)20-11-6-7-19-14(11)17/h2-5,8,11,15H,6-7H2,1H3/b5-3+/t11-/m0/s1. The van der Waals surface area contributed by atoms with Crippen molar-refractivity contribution in [3.8, 4) is 11.5 Å². The number of esters is 2. The van der Waals surface area contributed by atoms with Gasteiger partial charge in [-0.1, -0.05) is 6.07 Å². The molecule has 1 saturated heterocycles. The van der Waals surface area contributed by atoms with Gasteiger partial charge in [0.05, 0.1) is 13.7 Å². The lowest BCUT2D eigenvalue weighted by Gasteiger charge is -2.05. The molecule has 0 bridgehead atoms. The normalized spacial score (nSPS) is 18.1. The highest BCUT2D eigenvalue weighted by Gasteiger charge is 2.29. The van der Waals surface area contributed by atoms with Crippen LogP contribution in [0.4, 0.5) is 0 Å². The highest BCUT2D eigenvalue weighted by molar-refractivity contribution is 5.89. The summed E-state index contributed by atoms with van der Waals surface area (Å²) >= 11 is 0. The minimum absolute atomic E-state index is 0.0147. The van der Waals surface area contributed by atoms with E-state index in [-0.39, 0.29) is 12.4 Å². The first-order valence-electron chi connectivity index (χ1n) is 6.02. The average Bonchev–Trinajstić information content (AvgIpc) is 2.83. The molecule has 1 fully saturated rings. The fraction of sp³-hybridized carbons (Fsp3) is 0.286. The van der Waals surface area contributed by atoms with Gasteiger partial charge in [0.2, 0.25) is 6.10 Å². The van der Waals surface area contributed by atoms with Crippen molar-refractivity contribution in [1.82, 2.24) is 0 Å². The fourth-order valence-corrected chi connectivity index (χ4v) is 1.73. The maximum atomic E-state index is 11.5. The summed E-state index contributed by atoms with van der Waals surface area (Å²) < 4.78 is 14.6. The predicted molar refractivity (Wildman–Crippen MR) is 69.1 cm³/mol. The molecule has 1 aliphatic heterocycles. The Labute approximate surface area is 115 Å². The van der Waals surface area contributed by atoms with Gasteiger partial charge < -0.3 is 19.3 Å². The molecule has 0 saturated carbocycles. The van der Waals surface area contributed by atoms with E-state index in [9.17, 15) is 14.7 Å². The van der Waals surface area contributed by atoms with Gasteiger partial charge in [-0.2, -0.15) is 0 Å². The molecule has 0 spiro atoms. The molecule has 1 aromatic carbocycles. The lowest BCUT2D eigenvalue weighted by atomic mass is 10.2. The summed E-state index contributed by atoms with van der Waals surface area (Å²) in [6.45, 7) is 0.273. The molecular weight excluding hydrogens is 264 g/mol. The van der Waals surface area contributed by atoms with E-state index in [0.717, 1.165) is 0 Å². The van der Waals surface area contributed by atoms with Gasteiger partial charge in [0, 0.05) is 12.5 Å². The number of phenolic OH excluding ortho intramolecular Hbond substituents is 1. The van der Waals surface area contributed by atoms with Gasteiger partial charge in [-0.05, 0) is 23.8 Å². The molecule has 6 nitrogen and oxygen atoms in total. The minimum Gasteiger partial charge on any atom is -0.504 e. The van der Waals surface area contributed by atoms with E-state index >= 15 is 0 Å². The number of hydrogen-bond donors (Lipinski definition) is 1. The van der Waals surface area contributed by atoms with Crippen LogP contribution in [-0.4, -0.2) is 36.9 Å². The van der Waals surface area contributed by atoms with Crippen molar-refractivity contribution in [3.05, 3.63) is 29.8 Å². The summed E-state index contributed by atoms with van der Waals surface area (Å²) in [5, 5.41) is 9.44. The Kier molecular flexibility index (Phi) is 4.24. The van der Waals surface area contributed by atoms with Gasteiger partial charge in [0.1, 0.15) is 0 Å². The first-order valence-corrected chi connectivity index (χ1v) is 6.02. The molecule has 1 atom stereocenters. The third-order valence-corrected chi connectivity index (χ3v) is 2.76. The lowest BCUT2D eigenvalue weighted by Crippen LogP contribution is -2.21. The van der Waals surface area contributed by atoms with Crippen molar-refractivity contribution < 1.29 is 28.9 Å². The van der Waals surface area contributed by atoms with Crippen LogP contribution in [0.15, 0.2) is 24.3 Å². The van der Waals surface area contributed by atoms with Gasteiger partial charge in [0.25, 0.3) is 0 Å². The predicted octanol–water partition coefficient (Wildman–Crippen LogP) is 1.27. The van der Waals surface area contributed by atoms with Crippen LogP contribution in [0.1, 0.15) is 12.0 Å². The molecule has 1 aromatic rings. The zero-order valence-electron chi connectivity index (χ0n) is 10.9. The Balaban J connectivity index is 1.98. The quantitative estimate of drug-likeness (QED) is 0.660. The number of carbonyl (C=O) groups is 2. The number of ether oxygens (including phenoxy) is 3. The molecule has 1 N–H and O–H groups in total. The van der Waals surface area contributed by atoms with Crippen LogP contribution in [0.2, 0.25) is 0 Å². The van der Waals surface area contributed by atoms with E-state index in [0.29, 0.717) is 17.7 Å². The first-order chi connectivity index (χ1) is 9.60. The van der Waals surface area contributed by atoms with Crippen molar-refractivity contribution in [2.45, 2.75) is 12.5 Å². The van der Waals surface area contributed by atoms with Crippen LogP contribution in [0.25, 0.3) is 6.08 Å². The smallest absolute Gasteiger partial charge is 0.347 e. The maximum Gasteiger partial charge on any atom is 0.347 e. The van der Waals surface area contributed by atoms with Gasteiger partial charge in [-0.15, -0.1) is 0 Å². The van der Waals surface area contributed by atoms with Crippen LogP contribution in [0.3, 0.4) is 0 Å². The van der Waals surface area contributed by atoms with E-state index in [4.69, 9.17) is 9.47 Å². The van der Waals surface area contributed by atoms with Gasteiger partial charge in [-0.3, -0.25) is 0 Å². The van der Waals surface area contributed by atoms with Gasteiger partial charge >= 0.3 is 11.9 Å². The molecule has 6 heteroatoms. The van der Waals surface area contributed by atoms with Crippen molar-refractivity contribution in [1.29, 1.82) is 0 Å². The topological polar surface area (TPSA) is 82.1 Å². The molecule has 0 aliphatic carbocycles. The Morgan fingerprint density at radius 3 is 2.95 bits per heavy atom. The summed E-state index contributed by atoms with van der Waals surface area (Å²) in [6, 6.07) is 4.65. The molecule has 0 unspecified atom stereocenters. The molecular formula is C14H14O6. The summed E-state index contributed by atoms with van der Waals surface area (Å²) in [6.07, 6.45) is 2.27. The summed E-state index contributed by atoms with van der Waals surface area (Å²) in [5.74, 6) is -0.820. The number of carbonyl (C=O) groups excluding carboxylic acids is 2. The zero-order valence-corrected chi connectivity index (χ0v) is 10.9. The zero-order chi connectivity index (χ0) is 14.5. The van der Waals surface area contributed by atoms with Crippen molar-refractivity contribution in [3.63, 3.8) is 0 Å².